The maximum absolute atomic E-state index is 13.0. The lowest BCUT2D eigenvalue weighted by molar-refractivity contribution is -0.121. The maximum Gasteiger partial charge on any atom is 0.226 e. The predicted octanol–water partition coefficient (Wildman–Crippen LogP) is 3.70. The molecule has 7 heteroatoms. The monoisotopic (exact) mass is 383 g/mol. The van der Waals surface area contributed by atoms with Crippen LogP contribution in [0, 0.1) is 12.7 Å². The second-order valence-corrected chi connectivity index (χ2v) is 6.34. The van der Waals surface area contributed by atoms with E-state index in [-0.39, 0.29) is 11.7 Å². The topological polar surface area (TPSA) is 77.2 Å². The molecule has 1 heterocycles. The van der Waals surface area contributed by atoms with Crippen LogP contribution in [0.1, 0.15) is 24.3 Å². The van der Waals surface area contributed by atoms with Gasteiger partial charge in [0.2, 0.25) is 17.6 Å². The molecule has 0 spiro atoms. The van der Waals surface area contributed by atoms with Crippen molar-refractivity contribution in [3.63, 3.8) is 0 Å². The van der Waals surface area contributed by atoms with E-state index >= 15 is 0 Å². The first-order valence-corrected chi connectivity index (χ1v) is 9.15. The van der Waals surface area contributed by atoms with Gasteiger partial charge in [-0.25, -0.2) is 4.39 Å². The van der Waals surface area contributed by atoms with Gasteiger partial charge in [0, 0.05) is 18.4 Å². The van der Waals surface area contributed by atoms with E-state index < -0.39 is 0 Å². The van der Waals surface area contributed by atoms with Crippen molar-refractivity contribution in [3.8, 4) is 17.1 Å². The van der Waals surface area contributed by atoms with Gasteiger partial charge in [0.15, 0.2) is 0 Å². The van der Waals surface area contributed by atoms with Gasteiger partial charge in [-0.05, 0) is 49.2 Å². The molecule has 0 saturated carbocycles. The van der Waals surface area contributed by atoms with Crippen molar-refractivity contribution in [3.05, 3.63) is 65.8 Å². The number of halogens is 1. The average molecular weight is 383 g/mol. The lowest BCUT2D eigenvalue weighted by Gasteiger charge is -2.09. The zero-order valence-electron chi connectivity index (χ0n) is 15.7. The minimum absolute atomic E-state index is 0.0494. The molecule has 0 aliphatic carbocycles. The Morgan fingerprint density at radius 2 is 1.96 bits per heavy atom. The van der Waals surface area contributed by atoms with Gasteiger partial charge in [-0.2, -0.15) is 4.98 Å². The van der Waals surface area contributed by atoms with Crippen molar-refractivity contribution in [2.45, 2.75) is 26.2 Å². The van der Waals surface area contributed by atoms with Gasteiger partial charge in [-0.3, -0.25) is 4.79 Å². The van der Waals surface area contributed by atoms with Crippen LogP contribution in [0.5, 0.6) is 5.75 Å². The zero-order chi connectivity index (χ0) is 19.8. The molecule has 0 unspecified atom stereocenters. The second-order valence-electron chi connectivity index (χ2n) is 6.34. The molecule has 1 N–H and O–H groups in total. The van der Waals surface area contributed by atoms with E-state index in [9.17, 15) is 9.18 Å². The summed E-state index contributed by atoms with van der Waals surface area (Å²) in [7, 11) is 0. The molecule has 0 fully saturated rings. The lowest BCUT2D eigenvalue weighted by atomic mass is 10.2. The Kier molecular flexibility index (Phi) is 6.73. The van der Waals surface area contributed by atoms with Crippen molar-refractivity contribution in [1.29, 1.82) is 0 Å². The van der Waals surface area contributed by atoms with E-state index in [0.29, 0.717) is 49.7 Å². The highest BCUT2D eigenvalue weighted by Gasteiger charge is 2.10. The van der Waals surface area contributed by atoms with Crippen LogP contribution >= 0.6 is 0 Å². The molecule has 6 nitrogen and oxygen atoms in total. The summed E-state index contributed by atoms with van der Waals surface area (Å²) < 4.78 is 23.8. The van der Waals surface area contributed by atoms with E-state index in [0.717, 1.165) is 11.3 Å². The number of amides is 1. The highest BCUT2D eigenvalue weighted by atomic mass is 19.1. The molecule has 3 aromatic rings. The van der Waals surface area contributed by atoms with Gasteiger partial charge in [0.1, 0.15) is 18.2 Å². The fourth-order valence-electron chi connectivity index (χ4n) is 2.63. The highest BCUT2D eigenvalue weighted by Crippen LogP contribution is 2.17. The summed E-state index contributed by atoms with van der Waals surface area (Å²) in [4.78, 5) is 16.2. The van der Waals surface area contributed by atoms with E-state index in [2.05, 4.69) is 15.5 Å². The Morgan fingerprint density at radius 1 is 1.18 bits per heavy atom. The molecule has 0 aliphatic rings. The third-order valence-electron chi connectivity index (χ3n) is 4.14. The molecule has 0 saturated heterocycles. The number of hydrogen-bond donors (Lipinski definition) is 1. The summed E-state index contributed by atoms with van der Waals surface area (Å²) in [5.74, 6) is 1.32. The van der Waals surface area contributed by atoms with Gasteiger partial charge < -0.3 is 14.6 Å². The van der Waals surface area contributed by atoms with Crippen molar-refractivity contribution in [2.75, 3.05) is 13.2 Å². The van der Waals surface area contributed by atoms with Crippen LogP contribution in [0.3, 0.4) is 0 Å². The molecule has 0 bridgehead atoms. The van der Waals surface area contributed by atoms with E-state index in [4.69, 9.17) is 9.26 Å². The third-order valence-corrected chi connectivity index (χ3v) is 4.14. The van der Waals surface area contributed by atoms with Crippen molar-refractivity contribution in [1.82, 2.24) is 15.5 Å². The van der Waals surface area contributed by atoms with Crippen LogP contribution in [0.4, 0.5) is 4.39 Å². The molecule has 1 aromatic heterocycles. The number of ether oxygens (including phenoxy) is 1. The first-order chi connectivity index (χ1) is 13.6. The highest BCUT2D eigenvalue weighted by molar-refractivity contribution is 5.75. The fraction of sp³-hybridized carbons (Fsp3) is 0.286. The Balaban J connectivity index is 1.34. The number of benzene rings is 2. The first kappa shape index (κ1) is 19.5. The number of hydrogen-bond acceptors (Lipinski definition) is 5. The van der Waals surface area contributed by atoms with Gasteiger partial charge >= 0.3 is 0 Å². The molecule has 1 amide bonds. The van der Waals surface area contributed by atoms with Crippen LogP contribution in [-0.4, -0.2) is 29.2 Å². The average Bonchev–Trinajstić information content (AvgIpc) is 3.16. The number of carbonyl (C=O) groups is 1. The van der Waals surface area contributed by atoms with E-state index in [1.165, 1.54) is 12.1 Å². The number of nitrogens with zero attached hydrogens (tertiary/aromatic N) is 2. The maximum atomic E-state index is 13.0. The number of para-hydroxylation sites is 1. The number of nitrogens with one attached hydrogen (secondary N) is 1. The van der Waals surface area contributed by atoms with Crippen LogP contribution < -0.4 is 10.1 Å². The Labute approximate surface area is 162 Å². The van der Waals surface area contributed by atoms with Crippen molar-refractivity contribution >= 4 is 5.91 Å². The van der Waals surface area contributed by atoms with Gasteiger partial charge in [-0.15, -0.1) is 0 Å². The summed E-state index contributed by atoms with van der Waals surface area (Å²) in [6, 6.07) is 13.6. The summed E-state index contributed by atoms with van der Waals surface area (Å²) in [5, 5.41) is 6.71. The molecular formula is C21H22FN3O3. The normalized spacial score (nSPS) is 10.6. The smallest absolute Gasteiger partial charge is 0.226 e. The summed E-state index contributed by atoms with van der Waals surface area (Å²) in [6.07, 6.45) is 1.45. The molecule has 0 aliphatic heterocycles. The minimum Gasteiger partial charge on any atom is -0.491 e. The quantitative estimate of drug-likeness (QED) is 0.570. The molecule has 28 heavy (non-hydrogen) atoms. The summed E-state index contributed by atoms with van der Waals surface area (Å²) in [5.41, 5.74) is 1.75. The number of aromatic nitrogens is 2. The molecule has 2 aromatic carbocycles. The van der Waals surface area contributed by atoms with Gasteiger partial charge in [-0.1, -0.05) is 23.4 Å². The Hall–Kier alpha value is -3.22. The first-order valence-electron chi connectivity index (χ1n) is 9.15. The number of carbonyl (C=O) groups excluding carboxylic acids is 1. The lowest BCUT2D eigenvalue weighted by Crippen LogP contribution is -2.28. The van der Waals surface area contributed by atoms with Crippen LogP contribution in [0.15, 0.2) is 53.1 Å². The van der Waals surface area contributed by atoms with Crippen molar-refractivity contribution in [2.24, 2.45) is 0 Å². The van der Waals surface area contributed by atoms with Gasteiger partial charge in [0.05, 0.1) is 6.54 Å². The van der Waals surface area contributed by atoms with Gasteiger partial charge in [0.25, 0.3) is 0 Å². The Morgan fingerprint density at radius 3 is 2.75 bits per heavy atom. The van der Waals surface area contributed by atoms with E-state index in [1.807, 2.05) is 31.2 Å². The zero-order valence-corrected chi connectivity index (χ0v) is 15.7. The van der Waals surface area contributed by atoms with Crippen LogP contribution in [0.25, 0.3) is 11.4 Å². The number of aryl methyl sites for hydroxylation is 2. The van der Waals surface area contributed by atoms with E-state index in [1.54, 1.807) is 12.1 Å². The number of rotatable bonds is 9. The van der Waals surface area contributed by atoms with Crippen LogP contribution in [-0.2, 0) is 11.2 Å². The second kappa shape index (κ2) is 9.64. The molecule has 0 radical (unpaired) electrons. The largest absolute Gasteiger partial charge is 0.491 e. The fourth-order valence-corrected chi connectivity index (χ4v) is 2.63. The molecule has 0 atom stereocenters. The standard InChI is InChI=1S/C21H22FN3O3/c1-15-5-2-3-6-18(15)27-14-13-23-19(26)7-4-8-20-24-21(25-28-20)16-9-11-17(22)12-10-16/h2-3,5-6,9-12H,4,7-8,13-14H2,1H3,(H,23,26). The summed E-state index contributed by atoms with van der Waals surface area (Å²) >= 11 is 0. The molecule has 146 valence electrons. The molecular weight excluding hydrogens is 361 g/mol. The minimum atomic E-state index is -0.317. The molecule has 3 rings (SSSR count). The predicted molar refractivity (Wildman–Crippen MR) is 102 cm³/mol. The SMILES string of the molecule is Cc1ccccc1OCCNC(=O)CCCc1nc(-c2ccc(F)cc2)no1. The van der Waals surface area contributed by atoms with Crippen LogP contribution in [0.2, 0.25) is 0 Å². The Bertz CT molecular complexity index is 909. The van der Waals surface area contributed by atoms with Crippen molar-refractivity contribution < 1.29 is 18.4 Å². The summed E-state index contributed by atoms with van der Waals surface area (Å²) in [6.45, 7) is 2.84. The third kappa shape index (κ3) is 5.64.